The molecule has 148 valence electrons. The molecule has 7 nitrogen and oxygen atoms in total. The molecule has 0 aliphatic carbocycles. The largest absolute Gasteiger partial charge is 0.479 e. The number of aromatic nitrogens is 1. The number of halogens is 1. The van der Waals surface area contributed by atoms with Gasteiger partial charge in [-0.25, -0.2) is 4.98 Å². The lowest BCUT2D eigenvalue weighted by Gasteiger charge is -2.29. The van der Waals surface area contributed by atoms with Crippen LogP contribution in [-0.2, 0) is 11.2 Å². The minimum absolute atomic E-state index is 0.0252. The SMILES string of the molecule is O=C([C@@H]1Cc2cc(Cl)cc(-c3ccnc(NCCO)c3)c2O1)N1CCNCC1. The summed E-state index contributed by atoms with van der Waals surface area (Å²) in [7, 11) is 0. The van der Waals surface area contributed by atoms with Crippen LogP contribution in [0.2, 0.25) is 5.02 Å². The lowest BCUT2D eigenvalue weighted by atomic mass is 10.0. The van der Waals surface area contributed by atoms with Gasteiger partial charge in [0, 0.05) is 61.5 Å². The molecule has 0 saturated carbocycles. The average molecular weight is 403 g/mol. The predicted octanol–water partition coefficient (Wildman–Crippen LogP) is 1.54. The van der Waals surface area contributed by atoms with Crippen LogP contribution in [0.3, 0.4) is 0 Å². The van der Waals surface area contributed by atoms with Gasteiger partial charge in [-0.15, -0.1) is 0 Å². The lowest BCUT2D eigenvalue weighted by Crippen LogP contribution is -2.50. The standard InChI is InChI=1S/C20H23ClN4O3/c21-15-9-14-10-17(20(27)25-6-3-22-4-7-25)28-19(14)16(12-15)13-1-2-23-18(11-13)24-5-8-26/h1-2,9,11-12,17,22,26H,3-8,10H2,(H,23,24)/t17-/m0/s1. The highest BCUT2D eigenvalue weighted by Crippen LogP contribution is 2.41. The van der Waals surface area contributed by atoms with Crippen molar-refractivity contribution in [2.45, 2.75) is 12.5 Å². The number of carbonyl (C=O) groups excluding carboxylic acids is 1. The van der Waals surface area contributed by atoms with Crippen molar-refractivity contribution in [3.63, 3.8) is 0 Å². The molecule has 1 atom stereocenters. The van der Waals surface area contributed by atoms with Gasteiger partial charge in [-0.1, -0.05) is 11.6 Å². The first-order valence-electron chi connectivity index (χ1n) is 9.45. The number of ether oxygens (including phenoxy) is 1. The topological polar surface area (TPSA) is 86.7 Å². The summed E-state index contributed by atoms with van der Waals surface area (Å²) in [4.78, 5) is 19.0. The van der Waals surface area contributed by atoms with Crippen LogP contribution in [-0.4, -0.2) is 66.3 Å². The molecule has 2 aliphatic heterocycles. The van der Waals surface area contributed by atoms with E-state index in [2.05, 4.69) is 15.6 Å². The van der Waals surface area contributed by atoms with Gasteiger partial charge in [0.2, 0.25) is 0 Å². The molecule has 1 saturated heterocycles. The predicted molar refractivity (Wildman–Crippen MR) is 108 cm³/mol. The first-order chi connectivity index (χ1) is 13.7. The Morgan fingerprint density at radius 3 is 2.96 bits per heavy atom. The smallest absolute Gasteiger partial charge is 0.264 e. The van der Waals surface area contributed by atoms with Crippen LogP contribution in [0.25, 0.3) is 11.1 Å². The van der Waals surface area contributed by atoms with E-state index in [4.69, 9.17) is 21.4 Å². The van der Waals surface area contributed by atoms with Crippen molar-refractivity contribution in [2.75, 3.05) is 44.6 Å². The van der Waals surface area contributed by atoms with E-state index >= 15 is 0 Å². The van der Waals surface area contributed by atoms with Crippen LogP contribution in [0.1, 0.15) is 5.56 Å². The summed E-state index contributed by atoms with van der Waals surface area (Å²) in [6.07, 6.45) is 1.70. The first kappa shape index (κ1) is 19.0. The van der Waals surface area contributed by atoms with Gasteiger partial charge in [-0.3, -0.25) is 4.79 Å². The fourth-order valence-electron chi connectivity index (χ4n) is 3.64. The summed E-state index contributed by atoms with van der Waals surface area (Å²) in [5.74, 6) is 1.39. The molecule has 3 N–H and O–H groups in total. The Morgan fingerprint density at radius 1 is 1.36 bits per heavy atom. The number of aliphatic hydroxyl groups is 1. The highest BCUT2D eigenvalue weighted by molar-refractivity contribution is 6.31. The molecule has 0 spiro atoms. The number of piperazine rings is 1. The molecule has 2 aromatic rings. The molecule has 0 radical (unpaired) electrons. The second-order valence-electron chi connectivity index (χ2n) is 6.91. The molecule has 8 heteroatoms. The molecule has 0 unspecified atom stereocenters. The molecule has 1 aromatic heterocycles. The summed E-state index contributed by atoms with van der Waals surface area (Å²) in [5, 5.41) is 15.9. The van der Waals surface area contributed by atoms with Gasteiger partial charge in [0.15, 0.2) is 6.10 Å². The Labute approximate surface area is 168 Å². The Hall–Kier alpha value is -2.35. The average Bonchev–Trinajstić information content (AvgIpc) is 3.15. The van der Waals surface area contributed by atoms with E-state index in [-0.39, 0.29) is 12.5 Å². The van der Waals surface area contributed by atoms with E-state index in [1.54, 1.807) is 6.20 Å². The van der Waals surface area contributed by atoms with Crippen LogP contribution >= 0.6 is 11.6 Å². The zero-order valence-corrected chi connectivity index (χ0v) is 16.2. The molecule has 1 aromatic carbocycles. The number of benzene rings is 1. The molecule has 4 rings (SSSR count). The normalized spacial score (nSPS) is 18.5. The van der Waals surface area contributed by atoms with Gasteiger partial charge in [0.05, 0.1) is 6.61 Å². The summed E-state index contributed by atoms with van der Waals surface area (Å²) < 4.78 is 6.13. The summed E-state index contributed by atoms with van der Waals surface area (Å²) in [6.45, 7) is 3.46. The molecule has 0 bridgehead atoms. The molecule has 1 amide bonds. The number of amides is 1. The fourth-order valence-corrected chi connectivity index (χ4v) is 3.89. The van der Waals surface area contributed by atoms with E-state index < -0.39 is 6.10 Å². The number of nitrogens with zero attached hydrogens (tertiary/aromatic N) is 2. The maximum Gasteiger partial charge on any atom is 0.264 e. The van der Waals surface area contributed by atoms with Crippen LogP contribution in [0.4, 0.5) is 5.82 Å². The molecule has 2 aliphatic rings. The zero-order valence-electron chi connectivity index (χ0n) is 15.4. The highest BCUT2D eigenvalue weighted by atomic mass is 35.5. The number of anilines is 1. The van der Waals surface area contributed by atoms with Crippen molar-refractivity contribution in [3.8, 4) is 16.9 Å². The van der Waals surface area contributed by atoms with Gasteiger partial charge in [0.1, 0.15) is 11.6 Å². The van der Waals surface area contributed by atoms with Gasteiger partial charge in [0.25, 0.3) is 5.91 Å². The number of rotatable bonds is 5. The van der Waals surface area contributed by atoms with Crippen LogP contribution < -0.4 is 15.4 Å². The third kappa shape index (κ3) is 3.92. The van der Waals surface area contributed by atoms with E-state index in [0.717, 1.165) is 29.8 Å². The fraction of sp³-hybridized carbons (Fsp3) is 0.400. The minimum atomic E-state index is -0.515. The number of pyridine rings is 1. The Kier molecular flexibility index (Phi) is 5.66. The van der Waals surface area contributed by atoms with E-state index in [9.17, 15) is 4.79 Å². The Bertz CT molecular complexity index is 871. The second kappa shape index (κ2) is 8.34. The molecule has 1 fully saturated rings. The number of hydrogen-bond donors (Lipinski definition) is 3. The zero-order chi connectivity index (χ0) is 19.5. The number of fused-ring (bicyclic) bond motifs is 1. The maximum absolute atomic E-state index is 12.9. The number of carbonyl (C=O) groups is 1. The summed E-state index contributed by atoms with van der Waals surface area (Å²) in [5.41, 5.74) is 2.68. The third-order valence-electron chi connectivity index (χ3n) is 4.99. The van der Waals surface area contributed by atoms with Gasteiger partial charge >= 0.3 is 0 Å². The molecular weight excluding hydrogens is 380 g/mol. The quantitative estimate of drug-likeness (QED) is 0.703. The lowest BCUT2D eigenvalue weighted by molar-refractivity contribution is -0.138. The third-order valence-corrected chi connectivity index (χ3v) is 5.21. The van der Waals surface area contributed by atoms with Crippen molar-refractivity contribution < 1.29 is 14.6 Å². The summed E-state index contributed by atoms with van der Waals surface area (Å²) >= 11 is 6.35. The summed E-state index contributed by atoms with van der Waals surface area (Å²) in [6, 6.07) is 7.49. The minimum Gasteiger partial charge on any atom is -0.479 e. The molecule has 3 heterocycles. The van der Waals surface area contributed by atoms with Gasteiger partial charge < -0.3 is 25.4 Å². The van der Waals surface area contributed by atoms with Gasteiger partial charge in [-0.2, -0.15) is 0 Å². The van der Waals surface area contributed by atoms with E-state index in [0.29, 0.717) is 42.6 Å². The Morgan fingerprint density at radius 2 is 2.18 bits per heavy atom. The van der Waals surface area contributed by atoms with Crippen LogP contribution in [0.15, 0.2) is 30.5 Å². The Balaban J connectivity index is 1.60. The van der Waals surface area contributed by atoms with Crippen LogP contribution in [0.5, 0.6) is 5.75 Å². The van der Waals surface area contributed by atoms with Crippen molar-refractivity contribution in [1.29, 1.82) is 0 Å². The maximum atomic E-state index is 12.9. The number of hydrogen-bond acceptors (Lipinski definition) is 6. The van der Waals surface area contributed by atoms with Crippen molar-refractivity contribution in [3.05, 3.63) is 41.0 Å². The number of nitrogens with one attached hydrogen (secondary N) is 2. The second-order valence-corrected chi connectivity index (χ2v) is 7.34. The molecular formula is C20H23ClN4O3. The van der Waals surface area contributed by atoms with Gasteiger partial charge in [-0.05, 0) is 29.8 Å². The van der Waals surface area contributed by atoms with Crippen molar-refractivity contribution in [2.24, 2.45) is 0 Å². The van der Waals surface area contributed by atoms with E-state index in [1.165, 1.54) is 0 Å². The van der Waals surface area contributed by atoms with Crippen molar-refractivity contribution >= 4 is 23.3 Å². The van der Waals surface area contributed by atoms with Crippen molar-refractivity contribution in [1.82, 2.24) is 15.2 Å². The number of aliphatic hydroxyl groups excluding tert-OH is 1. The van der Waals surface area contributed by atoms with Crippen LogP contribution in [0, 0.1) is 0 Å². The molecule has 28 heavy (non-hydrogen) atoms. The monoisotopic (exact) mass is 402 g/mol. The highest BCUT2D eigenvalue weighted by Gasteiger charge is 2.34. The first-order valence-corrected chi connectivity index (χ1v) is 9.83. The van der Waals surface area contributed by atoms with E-state index in [1.807, 2.05) is 29.2 Å².